The van der Waals surface area contributed by atoms with Crippen molar-refractivity contribution in [2.45, 2.75) is 19.4 Å². The Morgan fingerprint density at radius 3 is 2.63 bits per heavy atom. The Bertz CT molecular complexity index is 406. The lowest BCUT2D eigenvalue weighted by Gasteiger charge is -2.17. The molecule has 0 radical (unpaired) electrons. The molecule has 1 aromatic carbocycles. The van der Waals surface area contributed by atoms with Crippen LogP contribution in [0.2, 0.25) is 10.0 Å². The molecule has 1 N–H and O–H groups in total. The third-order valence-electron chi connectivity index (χ3n) is 3.50. The summed E-state index contributed by atoms with van der Waals surface area (Å²) < 4.78 is 5.65. The Labute approximate surface area is 124 Å². The minimum Gasteiger partial charge on any atom is -0.492 e. The summed E-state index contributed by atoms with van der Waals surface area (Å²) in [7, 11) is 0. The SMILES string of the molecule is CC(O)C1CCN(CCOc2cc(Cl)cc(Cl)c2)C1. The van der Waals surface area contributed by atoms with Crippen LogP contribution in [0.3, 0.4) is 0 Å². The predicted octanol–water partition coefficient (Wildman–Crippen LogP) is 3.07. The van der Waals surface area contributed by atoms with Crippen LogP contribution < -0.4 is 4.74 Å². The normalized spacial score (nSPS) is 21.6. The fraction of sp³-hybridized carbons (Fsp3) is 0.571. The summed E-state index contributed by atoms with van der Waals surface area (Å²) in [6, 6.07) is 5.20. The van der Waals surface area contributed by atoms with Crippen LogP contribution in [0, 0.1) is 5.92 Å². The van der Waals surface area contributed by atoms with Gasteiger partial charge in [-0.15, -0.1) is 0 Å². The lowest BCUT2D eigenvalue weighted by Crippen LogP contribution is -2.28. The van der Waals surface area contributed by atoms with E-state index in [1.165, 1.54) is 0 Å². The zero-order valence-electron chi connectivity index (χ0n) is 11.0. The van der Waals surface area contributed by atoms with Crippen LogP contribution >= 0.6 is 23.2 Å². The smallest absolute Gasteiger partial charge is 0.122 e. The van der Waals surface area contributed by atoms with E-state index in [9.17, 15) is 5.11 Å². The van der Waals surface area contributed by atoms with Crippen LogP contribution in [-0.2, 0) is 0 Å². The van der Waals surface area contributed by atoms with Gasteiger partial charge in [0.25, 0.3) is 0 Å². The van der Waals surface area contributed by atoms with Gasteiger partial charge in [-0.25, -0.2) is 0 Å². The number of hydrogen-bond donors (Lipinski definition) is 1. The first-order chi connectivity index (χ1) is 9.04. The van der Waals surface area contributed by atoms with E-state index in [1.807, 2.05) is 6.92 Å². The van der Waals surface area contributed by atoms with E-state index in [-0.39, 0.29) is 6.10 Å². The number of aliphatic hydroxyl groups excluding tert-OH is 1. The highest BCUT2D eigenvalue weighted by atomic mass is 35.5. The standard InChI is InChI=1S/C14H19Cl2NO2/c1-10(18)11-2-3-17(9-11)4-5-19-14-7-12(15)6-13(16)8-14/h6-8,10-11,18H,2-5,9H2,1H3. The fourth-order valence-electron chi connectivity index (χ4n) is 2.36. The van der Waals surface area contributed by atoms with Crippen molar-refractivity contribution < 1.29 is 9.84 Å². The zero-order valence-corrected chi connectivity index (χ0v) is 12.5. The molecule has 0 aliphatic carbocycles. The van der Waals surface area contributed by atoms with Crippen LogP contribution in [0.15, 0.2) is 18.2 Å². The number of aliphatic hydroxyl groups is 1. The quantitative estimate of drug-likeness (QED) is 0.907. The maximum Gasteiger partial charge on any atom is 0.122 e. The van der Waals surface area contributed by atoms with Crippen molar-refractivity contribution in [3.8, 4) is 5.75 Å². The van der Waals surface area contributed by atoms with Gasteiger partial charge in [0, 0.05) is 23.1 Å². The van der Waals surface area contributed by atoms with Crippen molar-refractivity contribution in [1.29, 1.82) is 0 Å². The molecule has 1 heterocycles. The molecule has 2 atom stereocenters. The number of ether oxygens (including phenoxy) is 1. The monoisotopic (exact) mass is 303 g/mol. The van der Waals surface area contributed by atoms with Gasteiger partial charge in [-0.3, -0.25) is 4.90 Å². The van der Waals surface area contributed by atoms with E-state index in [4.69, 9.17) is 27.9 Å². The number of hydrogen-bond acceptors (Lipinski definition) is 3. The molecule has 5 heteroatoms. The molecular formula is C14H19Cl2NO2. The minimum absolute atomic E-state index is 0.224. The first kappa shape index (κ1) is 14.9. The van der Waals surface area contributed by atoms with Crippen molar-refractivity contribution in [2.24, 2.45) is 5.92 Å². The topological polar surface area (TPSA) is 32.7 Å². The second-order valence-corrected chi connectivity index (χ2v) is 5.92. The van der Waals surface area contributed by atoms with Crippen molar-refractivity contribution in [2.75, 3.05) is 26.2 Å². The van der Waals surface area contributed by atoms with E-state index in [0.29, 0.717) is 28.3 Å². The van der Waals surface area contributed by atoms with Gasteiger partial charge >= 0.3 is 0 Å². The van der Waals surface area contributed by atoms with Gasteiger partial charge in [0.05, 0.1) is 6.10 Å². The van der Waals surface area contributed by atoms with Gasteiger partial charge in [-0.1, -0.05) is 23.2 Å². The molecule has 1 aliphatic rings. The number of rotatable bonds is 5. The van der Waals surface area contributed by atoms with Crippen LogP contribution in [0.1, 0.15) is 13.3 Å². The van der Waals surface area contributed by atoms with Gasteiger partial charge in [0.1, 0.15) is 12.4 Å². The van der Waals surface area contributed by atoms with Gasteiger partial charge in [-0.05, 0) is 44.0 Å². The first-order valence-corrected chi connectivity index (χ1v) is 7.29. The van der Waals surface area contributed by atoms with Gasteiger partial charge < -0.3 is 9.84 Å². The highest BCUT2D eigenvalue weighted by molar-refractivity contribution is 6.34. The molecule has 0 saturated carbocycles. The Kier molecular flexibility index (Phi) is 5.34. The molecule has 2 unspecified atom stereocenters. The molecular weight excluding hydrogens is 285 g/mol. The zero-order chi connectivity index (χ0) is 13.8. The van der Waals surface area contributed by atoms with Crippen molar-refractivity contribution in [1.82, 2.24) is 4.90 Å². The summed E-state index contributed by atoms with van der Waals surface area (Å²) >= 11 is 11.8. The molecule has 3 nitrogen and oxygen atoms in total. The number of benzene rings is 1. The number of halogens is 2. The molecule has 0 amide bonds. The maximum atomic E-state index is 9.55. The highest BCUT2D eigenvalue weighted by Gasteiger charge is 2.25. The van der Waals surface area contributed by atoms with Gasteiger partial charge in [0.2, 0.25) is 0 Å². The molecule has 106 valence electrons. The summed E-state index contributed by atoms with van der Waals surface area (Å²) in [5.74, 6) is 1.09. The van der Waals surface area contributed by atoms with E-state index < -0.39 is 0 Å². The molecule has 1 saturated heterocycles. The predicted molar refractivity (Wildman–Crippen MR) is 78.2 cm³/mol. The van der Waals surface area contributed by atoms with Crippen LogP contribution in [0.5, 0.6) is 5.75 Å². The molecule has 1 aromatic rings. The number of likely N-dealkylation sites (tertiary alicyclic amines) is 1. The molecule has 1 fully saturated rings. The van der Waals surface area contributed by atoms with Crippen molar-refractivity contribution in [3.63, 3.8) is 0 Å². The largest absolute Gasteiger partial charge is 0.492 e. The average molecular weight is 304 g/mol. The third kappa shape index (κ3) is 4.53. The van der Waals surface area contributed by atoms with E-state index in [0.717, 1.165) is 26.1 Å². The van der Waals surface area contributed by atoms with E-state index in [1.54, 1.807) is 18.2 Å². The third-order valence-corrected chi connectivity index (χ3v) is 3.94. The Morgan fingerprint density at radius 2 is 2.05 bits per heavy atom. The van der Waals surface area contributed by atoms with Crippen molar-refractivity contribution in [3.05, 3.63) is 28.2 Å². The second-order valence-electron chi connectivity index (χ2n) is 5.04. The first-order valence-electron chi connectivity index (χ1n) is 6.54. The lowest BCUT2D eigenvalue weighted by atomic mass is 10.0. The molecule has 0 bridgehead atoms. The molecule has 19 heavy (non-hydrogen) atoms. The molecule has 2 rings (SSSR count). The fourth-order valence-corrected chi connectivity index (χ4v) is 2.87. The maximum absolute atomic E-state index is 9.55. The van der Waals surface area contributed by atoms with Crippen LogP contribution in [0.25, 0.3) is 0 Å². The number of nitrogens with zero attached hydrogens (tertiary/aromatic N) is 1. The molecule has 1 aliphatic heterocycles. The molecule has 0 spiro atoms. The highest BCUT2D eigenvalue weighted by Crippen LogP contribution is 2.24. The van der Waals surface area contributed by atoms with Gasteiger partial charge in [0.15, 0.2) is 0 Å². The van der Waals surface area contributed by atoms with Crippen LogP contribution in [0.4, 0.5) is 0 Å². The summed E-state index contributed by atoms with van der Waals surface area (Å²) in [6.45, 7) is 5.28. The second kappa shape index (κ2) is 6.80. The summed E-state index contributed by atoms with van der Waals surface area (Å²) in [5, 5.41) is 10.7. The van der Waals surface area contributed by atoms with E-state index >= 15 is 0 Å². The summed E-state index contributed by atoms with van der Waals surface area (Å²) in [6.07, 6.45) is 0.832. The minimum atomic E-state index is -0.224. The average Bonchev–Trinajstić information content (AvgIpc) is 2.76. The molecule has 0 aromatic heterocycles. The summed E-state index contributed by atoms with van der Waals surface area (Å²) in [4.78, 5) is 2.31. The Morgan fingerprint density at radius 1 is 1.37 bits per heavy atom. The van der Waals surface area contributed by atoms with Crippen LogP contribution in [-0.4, -0.2) is 42.4 Å². The Balaban J connectivity index is 1.75. The van der Waals surface area contributed by atoms with E-state index in [2.05, 4.69) is 4.90 Å². The van der Waals surface area contributed by atoms with Gasteiger partial charge in [-0.2, -0.15) is 0 Å². The van der Waals surface area contributed by atoms with Crippen molar-refractivity contribution >= 4 is 23.2 Å². The lowest BCUT2D eigenvalue weighted by molar-refractivity contribution is 0.125. The Hall–Kier alpha value is -0.480. The summed E-state index contributed by atoms with van der Waals surface area (Å²) in [5.41, 5.74) is 0.